The first-order valence-electron chi connectivity index (χ1n) is 12.7. The number of amides is 1. The number of aliphatic carboxylic acids is 1. The van der Waals surface area contributed by atoms with Crippen molar-refractivity contribution in [3.8, 4) is 0 Å². The van der Waals surface area contributed by atoms with E-state index in [1.54, 1.807) is 20.8 Å². The standard InChI is InChI=1S/C13H25NO5.C12H23N/c1-6-8(2)11(9(15)7-10(16)17)14-12(18)19-13(3,4)5;1-3-7-11(8-4-1)13-12-9-5-2-6-10-12/h8-9,11,15H,6-7H2,1-5H3,(H,14,18)(H,16,17);11-13H,1-10H2/t8?,9-,11-;/m0./s1. The Hall–Kier alpha value is -1.34. The molecule has 1 unspecified atom stereocenters. The Kier molecular flexibility index (Phi) is 13.2. The Morgan fingerprint density at radius 2 is 1.44 bits per heavy atom. The highest BCUT2D eigenvalue weighted by Gasteiger charge is 2.29. The van der Waals surface area contributed by atoms with Gasteiger partial charge in [-0.3, -0.25) is 4.79 Å². The fourth-order valence-electron chi connectivity index (χ4n) is 4.49. The maximum absolute atomic E-state index is 11.7. The molecule has 0 aliphatic heterocycles. The Labute approximate surface area is 195 Å². The second-order valence-corrected chi connectivity index (χ2v) is 10.6. The third-order valence-electron chi connectivity index (χ3n) is 6.42. The molecule has 3 atom stereocenters. The molecule has 0 radical (unpaired) electrons. The van der Waals surface area contributed by atoms with E-state index in [0.29, 0.717) is 6.42 Å². The highest BCUT2D eigenvalue weighted by atomic mass is 16.6. The summed E-state index contributed by atoms with van der Waals surface area (Å²) in [5, 5.41) is 25.0. The molecule has 0 aromatic rings. The summed E-state index contributed by atoms with van der Waals surface area (Å²) in [5.41, 5.74) is -0.637. The van der Waals surface area contributed by atoms with Crippen LogP contribution in [0.4, 0.5) is 4.79 Å². The van der Waals surface area contributed by atoms with Gasteiger partial charge in [-0.05, 0) is 52.4 Å². The van der Waals surface area contributed by atoms with Crippen LogP contribution in [0.2, 0.25) is 0 Å². The zero-order chi connectivity index (χ0) is 24.1. The second kappa shape index (κ2) is 14.7. The lowest BCUT2D eigenvalue weighted by molar-refractivity contribution is -0.139. The smallest absolute Gasteiger partial charge is 0.407 e. The maximum atomic E-state index is 11.7. The molecule has 0 aromatic heterocycles. The van der Waals surface area contributed by atoms with Crippen molar-refractivity contribution in [3.05, 3.63) is 0 Å². The van der Waals surface area contributed by atoms with Crippen LogP contribution in [0.1, 0.15) is 112 Å². The van der Waals surface area contributed by atoms with Crippen LogP contribution in [-0.2, 0) is 9.53 Å². The normalized spacial score (nSPS) is 20.9. The number of alkyl carbamates (subject to hydrolysis) is 1. The summed E-state index contributed by atoms with van der Waals surface area (Å²) in [6, 6.07) is 1.10. The van der Waals surface area contributed by atoms with Gasteiger partial charge in [-0.15, -0.1) is 0 Å². The Morgan fingerprint density at radius 1 is 0.969 bits per heavy atom. The van der Waals surface area contributed by atoms with Gasteiger partial charge in [-0.25, -0.2) is 4.79 Å². The number of aliphatic hydroxyl groups excluding tert-OH is 1. The maximum Gasteiger partial charge on any atom is 0.407 e. The number of carboxylic acid groups (broad SMARTS) is 1. The zero-order valence-corrected chi connectivity index (χ0v) is 21.0. The highest BCUT2D eigenvalue weighted by Crippen LogP contribution is 2.22. The predicted octanol–water partition coefficient (Wildman–Crippen LogP) is 5.00. The molecule has 0 heterocycles. The van der Waals surface area contributed by atoms with Crippen molar-refractivity contribution in [2.24, 2.45) is 5.92 Å². The van der Waals surface area contributed by atoms with Crippen molar-refractivity contribution < 1.29 is 24.5 Å². The Morgan fingerprint density at radius 3 is 1.81 bits per heavy atom. The van der Waals surface area contributed by atoms with Gasteiger partial charge >= 0.3 is 12.1 Å². The largest absolute Gasteiger partial charge is 0.481 e. The molecule has 2 rings (SSSR count). The van der Waals surface area contributed by atoms with E-state index in [1.807, 2.05) is 13.8 Å². The zero-order valence-electron chi connectivity index (χ0n) is 21.0. The summed E-state index contributed by atoms with van der Waals surface area (Å²) in [6.07, 6.45) is 13.1. The van der Waals surface area contributed by atoms with E-state index in [2.05, 4.69) is 10.6 Å². The van der Waals surface area contributed by atoms with Crippen LogP contribution in [0, 0.1) is 5.92 Å². The Bertz CT molecular complexity index is 521. The summed E-state index contributed by atoms with van der Waals surface area (Å²) in [7, 11) is 0. The minimum atomic E-state index is -1.14. The number of carbonyl (C=O) groups is 2. The quantitative estimate of drug-likeness (QED) is 0.409. The number of nitrogens with one attached hydrogen (secondary N) is 2. The number of hydrogen-bond acceptors (Lipinski definition) is 5. The molecule has 0 saturated heterocycles. The van der Waals surface area contributed by atoms with Crippen LogP contribution in [-0.4, -0.2) is 52.1 Å². The van der Waals surface area contributed by atoms with Gasteiger partial charge in [0, 0.05) is 12.1 Å². The first-order valence-corrected chi connectivity index (χ1v) is 12.7. The molecule has 0 aromatic carbocycles. The summed E-state index contributed by atoms with van der Waals surface area (Å²) >= 11 is 0. The van der Waals surface area contributed by atoms with Gasteiger partial charge in [0.25, 0.3) is 0 Å². The average Bonchev–Trinajstić information content (AvgIpc) is 2.71. The summed E-state index contributed by atoms with van der Waals surface area (Å²) in [5.74, 6) is -1.16. The van der Waals surface area contributed by atoms with Gasteiger partial charge in [0.15, 0.2) is 0 Å². The topological polar surface area (TPSA) is 108 Å². The molecular weight excluding hydrogens is 408 g/mol. The molecule has 188 valence electrons. The summed E-state index contributed by atoms with van der Waals surface area (Å²) in [6.45, 7) is 8.95. The fourth-order valence-corrected chi connectivity index (χ4v) is 4.49. The number of hydrogen-bond donors (Lipinski definition) is 4. The fraction of sp³-hybridized carbons (Fsp3) is 0.920. The van der Waals surface area contributed by atoms with E-state index in [0.717, 1.165) is 12.1 Å². The molecule has 4 N–H and O–H groups in total. The molecule has 0 spiro atoms. The van der Waals surface area contributed by atoms with E-state index >= 15 is 0 Å². The molecule has 7 nitrogen and oxygen atoms in total. The third-order valence-corrected chi connectivity index (χ3v) is 6.42. The van der Waals surface area contributed by atoms with Gasteiger partial charge in [-0.2, -0.15) is 0 Å². The van der Waals surface area contributed by atoms with E-state index in [9.17, 15) is 14.7 Å². The lowest BCUT2D eigenvalue weighted by Crippen LogP contribution is -2.49. The monoisotopic (exact) mass is 456 g/mol. The molecule has 2 aliphatic rings. The number of aliphatic hydroxyl groups is 1. The number of ether oxygens (including phenoxy) is 1. The average molecular weight is 457 g/mol. The first kappa shape index (κ1) is 28.7. The number of carboxylic acids is 1. The van der Waals surface area contributed by atoms with Gasteiger partial charge in [-0.1, -0.05) is 58.8 Å². The molecule has 7 heteroatoms. The molecule has 2 fully saturated rings. The molecule has 0 bridgehead atoms. The minimum Gasteiger partial charge on any atom is -0.481 e. The first-order chi connectivity index (χ1) is 15.0. The van der Waals surface area contributed by atoms with Crippen molar-refractivity contribution >= 4 is 12.1 Å². The van der Waals surface area contributed by atoms with Gasteiger partial charge < -0.3 is 25.6 Å². The lowest BCUT2D eigenvalue weighted by atomic mass is 9.91. The molecule has 1 amide bonds. The second-order valence-electron chi connectivity index (χ2n) is 10.6. The van der Waals surface area contributed by atoms with E-state index in [4.69, 9.17) is 9.84 Å². The Balaban J connectivity index is 0.000000339. The molecular formula is C25H48N2O5. The predicted molar refractivity (Wildman–Crippen MR) is 128 cm³/mol. The van der Waals surface area contributed by atoms with Crippen molar-refractivity contribution in [2.45, 2.75) is 141 Å². The van der Waals surface area contributed by atoms with Gasteiger partial charge in [0.2, 0.25) is 0 Å². The van der Waals surface area contributed by atoms with Crippen molar-refractivity contribution in [3.63, 3.8) is 0 Å². The van der Waals surface area contributed by atoms with E-state index < -0.39 is 36.2 Å². The van der Waals surface area contributed by atoms with Crippen LogP contribution >= 0.6 is 0 Å². The minimum absolute atomic E-state index is 0.0538. The lowest BCUT2D eigenvalue weighted by Gasteiger charge is -2.30. The third kappa shape index (κ3) is 12.6. The summed E-state index contributed by atoms with van der Waals surface area (Å²) in [4.78, 5) is 22.3. The SMILES string of the molecule is C1CCC(NC2CCCCC2)CC1.CCC(C)[C@H](NC(=O)OC(C)(C)C)[C@@H](O)CC(=O)O. The van der Waals surface area contributed by atoms with Crippen LogP contribution in [0.5, 0.6) is 0 Å². The van der Waals surface area contributed by atoms with E-state index in [-0.39, 0.29) is 5.92 Å². The molecule has 2 aliphatic carbocycles. The van der Waals surface area contributed by atoms with Crippen molar-refractivity contribution in [1.82, 2.24) is 10.6 Å². The molecule has 2 saturated carbocycles. The van der Waals surface area contributed by atoms with Crippen LogP contribution in [0.25, 0.3) is 0 Å². The van der Waals surface area contributed by atoms with Gasteiger partial charge in [0.05, 0.1) is 18.6 Å². The summed E-state index contributed by atoms with van der Waals surface area (Å²) < 4.78 is 5.11. The van der Waals surface area contributed by atoms with Crippen LogP contribution in [0.3, 0.4) is 0 Å². The van der Waals surface area contributed by atoms with Crippen molar-refractivity contribution in [1.29, 1.82) is 0 Å². The van der Waals surface area contributed by atoms with Crippen molar-refractivity contribution in [2.75, 3.05) is 0 Å². The highest BCUT2D eigenvalue weighted by molar-refractivity contribution is 5.69. The number of carbonyl (C=O) groups excluding carboxylic acids is 1. The van der Waals surface area contributed by atoms with Crippen LogP contribution < -0.4 is 10.6 Å². The van der Waals surface area contributed by atoms with Crippen LogP contribution in [0.15, 0.2) is 0 Å². The van der Waals surface area contributed by atoms with Gasteiger partial charge in [0.1, 0.15) is 5.60 Å². The van der Waals surface area contributed by atoms with E-state index in [1.165, 1.54) is 64.2 Å². The number of rotatable bonds is 8. The molecule has 32 heavy (non-hydrogen) atoms.